The molecule has 1 amide bonds. The second-order valence-electron chi connectivity index (χ2n) is 8.34. The molecule has 0 spiro atoms. The number of amides is 1. The molecule has 0 aromatic heterocycles. The van der Waals surface area contributed by atoms with E-state index in [1.165, 1.54) is 6.07 Å². The van der Waals surface area contributed by atoms with Crippen LogP contribution in [0.4, 0.5) is 13.2 Å². The molecule has 2 heterocycles. The predicted octanol–water partition coefficient (Wildman–Crippen LogP) is 1.88. The molecule has 3 rings (SSSR count). The van der Waals surface area contributed by atoms with Crippen molar-refractivity contribution in [1.29, 1.82) is 0 Å². The van der Waals surface area contributed by atoms with Gasteiger partial charge in [0.05, 0.1) is 33.8 Å². The van der Waals surface area contributed by atoms with Gasteiger partial charge in [0.15, 0.2) is 9.84 Å². The summed E-state index contributed by atoms with van der Waals surface area (Å²) in [6.07, 6.45) is -4.77. The van der Waals surface area contributed by atoms with Gasteiger partial charge in [-0.15, -0.1) is 0 Å². The largest absolute Gasteiger partial charge is 0.494 e. The maximum atomic E-state index is 13.7. The van der Waals surface area contributed by atoms with Gasteiger partial charge in [-0.1, -0.05) is 6.07 Å². The number of carbonyl (C=O) groups excluding carboxylic acids is 1. The molecule has 29 heavy (non-hydrogen) atoms. The quantitative estimate of drug-likeness (QED) is 0.667. The molecule has 0 radical (unpaired) electrons. The van der Waals surface area contributed by atoms with Crippen molar-refractivity contribution in [3.05, 3.63) is 29.3 Å². The van der Waals surface area contributed by atoms with E-state index in [4.69, 9.17) is 9.31 Å². The number of hydrogen-bond acceptors (Lipinski definition) is 5. The highest BCUT2D eigenvalue weighted by molar-refractivity contribution is 7.91. The number of alkyl halides is 3. The minimum Gasteiger partial charge on any atom is -0.399 e. The van der Waals surface area contributed by atoms with Crippen LogP contribution >= 0.6 is 0 Å². The Morgan fingerprint density at radius 1 is 1.07 bits per heavy atom. The molecule has 2 aliphatic heterocycles. The van der Waals surface area contributed by atoms with Crippen molar-refractivity contribution in [1.82, 2.24) is 4.90 Å². The third-order valence-corrected chi connectivity index (χ3v) is 7.35. The highest BCUT2D eigenvalue weighted by Gasteiger charge is 2.52. The van der Waals surface area contributed by atoms with Crippen LogP contribution in [0, 0.1) is 0 Å². The van der Waals surface area contributed by atoms with Crippen molar-refractivity contribution in [3.63, 3.8) is 0 Å². The zero-order valence-corrected chi connectivity index (χ0v) is 17.5. The molecule has 2 aliphatic rings. The lowest BCUT2D eigenvalue weighted by atomic mass is 9.77. The van der Waals surface area contributed by atoms with Crippen molar-refractivity contribution < 1.29 is 35.7 Å². The first-order chi connectivity index (χ1) is 13.1. The minimum absolute atomic E-state index is 0.128. The van der Waals surface area contributed by atoms with Gasteiger partial charge in [-0.3, -0.25) is 4.79 Å². The van der Waals surface area contributed by atoms with Crippen molar-refractivity contribution in [2.24, 2.45) is 0 Å². The van der Waals surface area contributed by atoms with Crippen molar-refractivity contribution >= 4 is 28.3 Å². The number of halogens is 3. The van der Waals surface area contributed by atoms with Crippen molar-refractivity contribution in [3.8, 4) is 0 Å². The van der Waals surface area contributed by atoms with Gasteiger partial charge >= 0.3 is 13.3 Å². The number of nitrogens with zero attached hydrogens (tertiary/aromatic N) is 1. The SMILES string of the molecule is CC1(C)OB(c2ccc(C(=O)N3CCS(=O)(=O)CC3)c(C(F)(F)F)c2)OC1(C)C. The summed E-state index contributed by atoms with van der Waals surface area (Å²) in [5.41, 5.74) is -2.89. The standard InChI is InChI=1S/C18H23BF3NO5S/c1-16(2)17(3,4)28-19(27-16)12-5-6-13(14(11-12)18(20,21)22)15(24)23-7-9-29(25,26)10-8-23/h5-6,11H,7-10H2,1-4H3. The highest BCUT2D eigenvalue weighted by Crippen LogP contribution is 2.37. The average molecular weight is 433 g/mol. The van der Waals surface area contributed by atoms with E-state index in [9.17, 15) is 26.4 Å². The van der Waals surface area contributed by atoms with Crippen LogP contribution in [-0.4, -0.2) is 62.1 Å². The van der Waals surface area contributed by atoms with Gasteiger partial charge in [-0.25, -0.2) is 8.42 Å². The molecule has 1 aromatic rings. The van der Waals surface area contributed by atoms with E-state index in [1.807, 2.05) is 0 Å². The Bertz CT molecular complexity index is 900. The number of carbonyl (C=O) groups is 1. The highest BCUT2D eigenvalue weighted by atomic mass is 32.2. The lowest BCUT2D eigenvalue weighted by Crippen LogP contribution is -2.44. The fraction of sp³-hybridized carbons (Fsp3) is 0.611. The first-order valence-corrected chi connectivity index (χ1v) is 11.0. The van der Waals surface area contributed by atoms with Crippen LogP contribution in [0.3, 0.4) is 0 Å². The minimum atomic E-state index is -4.77. The number of rotatable bonds is 2. The monoisotopic (exact) mass is 433 g/mol. The molecule has 6 nitrogen and oxygen atoms in total. The molecule has 0 saturated carbocycles. The Labute approximate surface area is 168 Å². The summed E-state index contributed by atoms with van der Waals surface area (Å²) in [4.78, 5) is 13.8. The molecule has 0 N–H and O–H groups in total. The van der Waals surface area contributed by atoms with E-state index >= 15 is 0 Å². The fourth-order valence-corrected chi connectivity index (χ4v) is 4.40. The second kappa shape index (κ2) is 6.99. The van der Waals surface area contributed by atoms with E-state index in [0.29, 0.717) is 0 Å². The topological polar surface area (TPSA) is 72.9 Å². The zero-order chi connectivity index (χ0) is 21.8. The van der Waals surface area contributed by atoms with E-state index in [1.54, 1.807) is 27.7 Å². The first kappa shape index (κ1) is 22.1. The molecular weight excluding hydrogens is 410 g/mol. The summed E-state index contributed by atoms with van der Waals surface area (Å²) in [6.45, 7) is 6.91. The van der Waals surface area contributed by atoms with Gasteiger partial charge in [0.2, 0.25) is 0 Å². The van der Waals surface area contributed by atoms with E-state index in [-0.39, 0.29) is 30.1 Å². The molecule has 0 unspecified atom stereocenters. The zero-order valence-electron chi connectivity index (χ0n) is 16.7. The molecule has 2 saturated heterocycles. The molecule has 160 valence electrons. The number of sulfone groups is 1. The molecule has 0 aliphatic carbocycles. The molecule has 0 atom stereocenters. The van der Waals surface area contributed by atoms with Crippen molar-refractivity contribution in [2.75, 3.05) is 24.6 Å². The van der Waals surface area contributed by atoms with Crippen LogP contribution in [0.15, 0.2) is 18.2 Å². The Balaban J connectivity index is 1.93. The van der Waals surface area contributed by atoms with Gasteiger partial charge in [0.1, 0.15) is 0 Å². The van der Waals surface area contributed by atoms with Crippen LogP contribution in [-0.2, 0) is 25.3 Å². The summed E-state index contributed by atoms with van der Waals surface area (Å²) in [6, 6.07) is 3.36. The maximum Gasteiger partial charge on any atom is 0.494 e. The van der Waals surface area contributed by atoms with Gasteiger partial charge in [-0.2, -0.15) is 13.2 Å². The van der Waals surface area contributed by atoms with Gasteiger partial charge in [-0.05, 0) is 45.3 Å². The molecule has 0 bridgehead atoms. The third kappa shape index (κ3) is 4.31. The Hall–Kier alpha value is -1.59. The van der Waals surface area contributed by atoms with E-state index in [2.05, 4.69) is 0 Å². The molecule has 11 heteroatoms. The lowest BCUT2D eigenvalue weighted by Gasteiger charge is -2.32. The lowest BCUT2D eigenvalue weighted by molar-refractivity contribution is -0.138. The summed E-state index contributed by atoms with van der Waals surface area (Å²) < 4.78 is 75.8. The summed E-state index contributed by atoms with van der Waals surface area (Å²) in [5, 5.41) is 0. The molecule has 1 aromatic carbocycles. The first-order valence-electron chi connectivity index (χ1n) is 9.19. The third-order valence-electron chi connectivity index (χ3n) is 5.74. The summed E-state index contributed by atoms with van der Waals surface area (Å²) in [7, 11) is -4.25. The van der Waals surface area contributed by atoms with Crippen LogP contribution in [0.2, 0.25) is 0 Å². The van der Waals surface area contributed by atoms with Gasteiger partial charge < -0.3 is 14.2 Å². The normalized spacial score (nSPS) is 23.3. The molecular formula is C18H23BF3NO5S. The van der Waals surface area contributed by atoms with Crippen molar-refractivity contribution in [2.45, 2.75) is 45.1 Å². The fourth-order valence-electron chi connectivity index (χ4n) is 3.19. The van der Waals surface area contributed by atoms with Crippen LogP contribution in [0.1, 0.15) is 43.6 Å². The second-order valence-corrected chi connectivity index (χ2v) is 10.6. The smallest absolute Gasteiger partial charge is 0.399 e. The predicted molar refractivity (Wildman–Crippen MR) is 102 cm³/mol. The van der Waals surface area contributed by atoms with Crippen LogP contribution < -0.4 is 5.46 Å². The van der Waals surface area contributed by atoms with Gasteiger partial charge in [0, 0.05) is 13.1 Å². The summed E-state index contributed by atoms with van der Waals surface area (Å²) in [5.74, 6) is -1.36. The van der Waals surface area contributed by atoms with E-state index in [0.717, 1.165) is 17.0 Å². The molecule has 2 fully saturated rings. The number of hydrogen-bond donors (Lipinski definition) is 0. The number of benzene rings is 1. The Morgan fingerprint density at radius 2 is 1.59 bits per heavy atom. The van der Waals surface area contributed by atoms with Crippen LogP contribution in [0.25, 0.3) is 0 Å². The summed E-state index contributed by atoms with van der Waals surface area (Å²) >= 11 is 0. The van der Waals surface area contributed by atoms with Gasteiger partial charge in [0.25, 0.3) is 5.91 Å². The average Bonchev–Trinajstić information content (AvgIpc) is 2.81. The van der Waals surface area contributed by atoms with Crippen LogP contribution in [0.5, 0.6) is 0 Å². The van der Waals surface area contributed by atoms with E-state index < -0.39 is 51.4 Å². The Morgan fingerprint density at radius 3 is 2.07 bits per heavy atom. The maximum absolute atomic E-state index is 13.7. The Kier molecular flexibility index (Phi) is 5.33.